The Balaban J connectivity index is 2.70. The van der Waals surface area contributed by atoms with Crippen molar-refractivity contribution in [2.45, 2.75) is 12.8 Å². The summed E-state index contributed by atoms with van der Waals surface area (Å²) in [5.74, 6) is -0.147. The first kappa shape index (κ1) is 6.00. The molecule has 0 atom stereocenters. The van der Waals surface area contributed by atoms with Gasteiger partial charge in [0.25, 0.3) is 0 Å². The largest absolute Gasteiger partial charge is 0.274 e. The van der Waals surface area contributed by atoms with E-state index in [1.54, 1.807) is 22.9 Å². The molecule has 1 saturated heterocycles. The summed E-state index contributed by atoms with van der Waals surface area (Å²) in [6, 6.07) is 0. The van der Waals surface area contributed by atoms with Crippen LogP contribution in [0.3, 0.4) is 0 Å². The molecular formula is C4H4INO2. The molecule has 1 aliphatic heterocycles. The van der Waals surface area contributed by atoms with Gasteiger partial charge in [-0.2, -0.15) is 0 Å². The van der Waals surface area contributed by atoms with Crippen LogP contribution in [0.15, 0.2) is 0 Å². The first-order chi connectivity index (χ1) is 3.72. The van der Waals surface area contributed by atoms with Crippen LogP contribution in [-0.2, 0) is 9.59 Å². The molecule has 1 fully saturated rings. The molecule has 0 spiro atoms. The maximum absolute atomic E-state index is 10.5. The first-order valence-electron chi connectivity index (χ1n) is 2.23. The van der Waals surface area contributed by atoms with E-state index in [4.69, 9.17) is 0 Å². The van der Waals surface area contributed by atoms with Gasteiger partial charge in [0.05, 0.1) is 22.9 Å². The molecule has 44 valence electrons. The highest BCUT2D eigenvalue weighted by molar-refractivity contribution is 14.1. The van der Waals surface area contributed by atoms with E-state index in [9.17, 15) is 9.59 Å². The van der Waals surface area contributed by atoms with Gasteiger partial charge in [-0.15, -0.1) is 0 Å². The van der Waals surface area contributed by atoms with Crippen LogP contribution in [0, 0.1) is 0 Å². The van der Waals surface area contributed by atoms with Gasteiger partial charge in [0.1, 0.15) is 0 Å². The Hall–Kier alpha value is -0.130. The summed E-state index contributed by atoms with van der Waals surface area (Å²) < 4.78 is 1.14. The van der Waals surface area contributed by atoms with Crippen LogP contribution in [0.1, 0.15) is 12.8 Å². The number of carbonyl (C=O) groups is 2. The first-order valence-corrected chi connectivity index (χ1v) is 3.20. The molecule has 0 bridgehead atoms. The van der Waals surface area contributed by atoms with Crippen molar-refractivity contribution in [2.75, 3.05) is 0 Å². The monoisotopic (exact) mass is 223 g/mol. The van der Waals surface area contributed by atoms with Gasteiger partial charge in [0.15, 0.2) is 0 Å². The Bertz CT molecular complexity index is 129. The molecule has 0 aromatic rings. The zero-order valence-corrected chi connectivity index (χ0v) is 6.21. The second kappa shape index (κ2) is 2.00. The molecule has 1 heterocycles. The minimum atomic E-state index is -0.0735. The van der Waals surface area contributed by atoms with Crippen LogP contribution in [-0.4, -0.2) is 14.9 Å². The van der Waals surface area contributed by atoms with E-state index in [0.717, 1.165) is 3.11 Å². The van der Waals surface area contributed by atoms with E-state index in [0.29, 0.717) is 12.8 Å². The lowest BCUT2D eigenvalue weighted by atomic mass is 10.4. The van der Waals surface area contributed by atoms with Crippen molar-refractivity contribution in [1.29, 1.82) is 0 Å². The zero-order valence-electron chi connectivity index (χ0n) is 4.06. The van der Waals surface area contributed by atoms with Crippen molar-refractivity contribution in [1.82, 2.24) is 3.11 Å². The number of hydrogen-bond donors (Lipinski definition) is 0. The van der Waals surface area contributed by atoms with E-state index in [2.05, 4.69) is 0 Å². The molecule has 1 rings (SSSR count). The smallest absolute Gasteiger partial charge is 0.238 e. The minimum absolute atomic E-state index is 0.0735. The number of hydrogen-bond acceptors (Lipinski definition) is 2. The maximum Gasteiger partial charge on any atom is 0.238 e. The molecule has 0 aromatic carbocycles. The molecule has 4 heteroatoms. The molecule has 0 saturated carbocycles. The molecular weight excluding hydrogens is 219 g/mol. The fourth-order valence-electron chi connectivity index (χ4n) is 0.549. The van der Waals surface area contributed by atoms with Crippen LogP contribution in [0.25, 0.3) is 0 Å². The van der Waals surface area contributed by atoms with E-state index >= 15 is 0 Å². The number of amides is 2. The van der Waals surface area contributed by atoms with Gasteiger partial charge < -0.3 is 0 Å². The SMILES string of the molecule is O=C1CCC(=O)N1[125I]. The third-order valence-corrected chi connectivity index (χ3v) is 2.07. The summed E-state index contributed by atoms with van der Waals surface area (Å²) in [7, 11) is 0. The molecule has 0 aliphatic carbocycles. The summed E-state index contributed by atoms with van der Waals surface area (Å²) in [6.45, 7) is 0. The zero-order chi connectivity index (χ0) is 6.15. The summed E-state index contributed by atoms with van der Waals surface area (Å²) in [4.78, 5) is 21.0. The minimum Gasteiger partial charge on any atom is -0.274 e. The van der Waals surface area contributed by atoms with Gasteiger partial charge in [-0.25, -0.2) is 3.11 Å². The number of imide groups is 1. The lowest BCUT2D eigenvalue weighted by molar-refractivity contribution is -0.130. The molecule has 8 heavy (non-hydrogen) atoms. The van der Waals surface area contributed by atoms with Crippen LogP contribution in [0.4, 0.5) is 0 Å². The van der Waals surface area contributed by atoms with Gasteiger partial charge >= 0.3 is 0 Å². The Morgan fingerprint density at radius 3 is 1.75 bits per heavy atom. The molecule has 3 nitrogen and oxygen atoms in total. The van der Waals surface area contributed by atoms with Crippen LogP contribution >= 0.6 is 22.9 Å². The summed E-state index contributed by atoms with van der Waals surface area (Å²) >= 11 is 1.72. The van der Waals surface area contributed by atoms with Gasteiger partial charge in [0, 0.05) is 12.8 Å². The third kappa shape index (κ3) is 0.841. The Labute approximate surface area is 60.5 Å². The Morgan fingerprint density at radius 2 is 1.62 bits per heavy atom. The van der Waals surface area contributed by atoms with E-state index in [1.807, 2.05) is 0 Å². The molecule has 0 radical (unpaired) electrons. The van der Waals surface area contributed by atoms with Crippen LogP contribution in [0.2, 0.25) is 0 Å². The summed E-state index contributed by atoms with van der Waals surface area (Å²) in [6.07, 6.45) is 0.781. The van der Waals surface area contributed by atoms with Gasteiger partial charge in [-0.1, -0.05) is 0 Å². The average molecular weight is 223 g/mol. The van der Waals surface area contributed by atoms with E-state index in [1.165, 1.54) is 0 Å². The van der Waals surface area contributed by atoms with Crippen LogP contribution < -0.4 is 0 Å². The molecule has 0 aromatic heterocycles. The van der Waals surface area contributed by atoms with Crippen molar-refractivity contribution in [3.63, 3.8) is 0 Å². The maximum atomic E-state index is 10.5. The van der Waals surface area contributed by atoms with Crippen molar-refractivity contribution < 1.29 is 9.59 Å². The second-order valence-electron chi connectivity index (χ2n) is 1.57. The molecule has 0 N–H and O–H groups in total. The van der Waals surface area contributed by atoms with Crippen LogP contribution in [0.5, 0.6) is 0 Å². The van der Waals surface area contributed by atoms with Crippen molar-refractivity contribution >= 4 is 34.7 Å². The van der Waals surface area contributed by atoms with E-state index in [-0.39, 0.29) is 11.8 Å². The molecule has 2 amide bonds. The predicted molar refractivity (Wildman–Crippen MR) is 35.1 cm³/mol. The third-order valence-electron chi connectivity index (χ3n) is 0.991. The number of carbonyl (C=O) groups excluding carboxylic acids is 2. The number of rotatable bonds is 0. The summed E-state index contributed by atoms with van der Waals surface area (Å²) in [5.41, 5.74) is 0. The fraction of sp³-hybridized carbons (Fsp3) is 0.500. The topological polar surface area (TPSA) is 37.4 Å². The Morgan fingerprint density at radius 1 is 1.25 bits per heavy atom. The standard InChI is InChI=1S/C4H4INO2/c5-6-3(7)1-2-4(6)8/h1-2H2/i5-2. The van der Waals surface area contributed by atoms with Gasteiger partial charge in [-0.05, 0) is 0 Å². The van der Waals surface area contributed by atoms with Crippen molar-refractivity contribution in [3.05, 3.63) is 0 Å². The highest BCUT2D eigenvalue weighted by atomic mass is 125. The average Bonchev–Trinajstić information content (AvgIpc) is 1.98. The normalized spacial score (nSPS) is 20.4. The lowest BCUT2D eigenvalue weighted by Gasteiger charge is -1.97. The fourth-order valence-corrected chi connectivity index (χ4v) is 1.03. The highest BCUT2D eigenvalue weighted by Gasteiger charge is 2.26. The lowest BCUT2D eigenvalue weighted by Crippen LogP contribution is -2.16. The second-order valence-corrected chi connectivity index (χ2v) is 2.53. The van der Waals surface area contributed by atoms with Crippen molar-refractivity contribution in [3.8, 4) is 0 Å². The highest BCUT2D eigenvalue weighted by Crippen LogP contribution is 2.15. The molecule has 0 unspecified atom stereocenters. The number of halogens is 1. The molecule has 1 aliphatic rings. The van der Waals surface area contributed by atoms with Gasteiger partial charge in [0.2, 0.25) is 11.8 Å². The predicted octanol–water partition coefficient (Wildman–Crippen LogP) is 0.485. The quantitative estimate of drug-likeness (QED) is 0.340. The van der Waals surface area contributed by atoms with Gasteiger partial charge in [-0.3, -0.25) is 9.59 Å². The van der Waals surface area contributed by atoms with Crippen molar-refractivity contribution in [2.24, 2.45) is 0 Å². The number of nitrogens with zero attached hydrogens (tertiary/aromatic N) is 1. The van der Waals surface area contributed by atoms with E-state index < -0.39 is 0 Å². The summed E-state index contributed by atoms with van der Waals surface area (Å²) in [5, 5.41) is 0. The Kier molecular flexibility index (Phi) is 1.50.